The molecule has 1 aliphatic heterocycles. The molecule has 0 bridgehead atoms. The number of hydrogen-bond acceptors (Lipinski definition) is 4. The Kier molecular flexibility index (Phi) is 3.97. The molecular formula is C19H21N5O. The van der Waals surface area contributed by atoms with Crippen LogP contribution in [0.2, 0.25) is 0 Å². The second-order valence-corrected chi connectivity index (χ2v) is 6.55. The maximum absolute atomic E-state index is 12.3. The molecule has 0 saturated carbocycles. The molecule has 1 aliphatic rings. The van der Waals surface area contributed by atoms with E-state index in [9.17, 15) is 4.79 Å². The Labute approximate surface area is 146 Å². The average molecular weight is 335 g/mol. The van der Waals surface area contributed by atoms with Gasteiger partial charge in [-0.1, -0.05) is 18.2 Å². The zero-order valence-corrected chi connectivity index (χ0v) is 14.4. The monoisotopic (exact) mass is 335 g/mol. The van der Waals surface area contributed by atoms with Gasteiger partial charge >= 0.3 is 0 Å². The highest BCUT2D eigenvalue weighted by Crippen LogP contribution is 2.21. The van der Waals surface area contributed by atoms with Crippen molar-refractivity contribution in [1.29, 1.82) is 0 Å². The normalized spacial score (nSPS) is 17.6. The first-order chi connectivity index (χ1) is 12.1. The summed E-state index contributed by atoms with van der Waals surface area (Å²) in [6.07, 6.45) is 2.37. The Bertz CT molecular complexity index is 918. The van der Waals surface area contributed by atoms with Gasteiger partial charge in [-0.25, -0.2) is 9.97 Å². The fourth-order valence-corrected chi connectivity index (χ4v) is 3.47. The van der Waals surface area contributed by atoms with Gasteiger partial charge in [-0.2, -0.15) is 0 Å². The molecule has 4 rings (SSSR count). The van der Waals surface area contributed by atoms with Gasteiger partial charge in [-0.05, 0) is 32.0 Å². The zero-order chi connectivity index (χ0) is 17.4. The van der Waals surface area contributed by atoms with Crippen molar-refractivity contribution in [3.8, 4) is 0 Å². The van der Waals surface area contributed by atoms with Crippen molar-refractivity contribution in [1.82, 2.24) is 19.7 Å². The second kappa shape index (κ2) is 6.29. The standard InChI is InChI=1S/C19H21N5O/c1-13-8-14(2)24-17(11-21-19(24)22-13)10-20-15-9-18(25)23(12-15)16-6-4-3-5-7-16/h3-8,11,15,20H,9-10,12H2,1-2H3/t15-/m1/s1. The van der Waals surface area contributed by atoms with Gasteiger partial charge < -0.3 is 10.2 Å². The molecule has 6 nitrogen and oxygen atoms in total. The van der Waals surface area contributed by atoms with Crippen LogP contribution in [-0.4, -0.2) is 32.9 Å². The Morgan fingerprint density at radius 1 is 1.24 bits per heavy atom. The molecule has 3 heterocycles. The van der Waals surface area contributed by atoms with Crippen LogP contribution in [-0.2, 0) is 11.3 Å². The van der Waals surface area contributed by atoms with Gasteiger partial charge in [0.25, 0.3) is 0 Å². The molecule has 1 amide bonds. The fraction of sp³-hybridized carbons (Fsp3) is 0.316. The summed E-state index contributed by atoms with van der Waals surface area (Å²) in [6.45, 7) is 5.38. The largest absolute Gasteiger partial charge is 0.311 e. The lowest BCUT2D eigenvalue weighted by Gasteiger charge is -2.17. The highest BCUT2D eigenvalue weighted by atomic mass is 16.2. The van der Waals surface area contributed by atoms with Crippen LogP contribution in [0.3, 0.4) is 0 Å². The molecule has 1 aromatic carbocycles. The quantitative estimate of drug-likeness (QED) is 0.794. The van der Waals surface area contributed by atoms with E-state index in [-0.39, 0.29) is 11.9 Å². The lowest BCUT2D eigenvalue weighted by Crippen LogP contribution is -2.32. The third kappa shape index (κ3) is 3.00. The van der Waals surface area contributed by atoms with Crippen LogP contribution in [0.4, 0.5) is 5.69 Å². The van der Waals surface area contributed by atoms with Gasteiger partial charge in [0, 0.05) is 42.6 Å². The minimum absolute atomic E-state index is 0.136. The highest BCUT2D eigenvalue weighted by Gasteiger charge is 2.30. The Morgan fingerprint density at radius 2 is 2.04 bits per heavy atom. The Balaban J connectivity index is 1.47. The van der Waals surface area contributed by atoms with E-state index in [1.165, 1.54) is 0 Å². The number of anilines is 1. The van der Waals surface area contributed by atoms with E-state index < -0.39 is 0 Å². The lowest BCUT2D eigenvalue weighted by atomic mass is 10.2. The first-order valence-electron chi connectivity index (χ1n) is 8.51. The number of nitrogens with one attached hydrogen (secondary N) is 1. The van der Waals surface area contributed by atoms with Gasteiger partial charge in [-0.15, -0.1) is 0 Å². The SMILES string of the molecule is Cc1cc(C)n2c(CN[C@@H]3CC(=O)N(c4ccccc4)C3)cnc2n1. The van der Waals surface area contributed by atoms with Crippen molar-refractivity contribution < 1.29 is 4.79 Å². The number of benzene rings is 1. The number of nitrogens with zero attached hydrogens (tertiary/aromatic N) is 4. The van der Waals surface area contributed by atoms with E-state index >= 15 is 0 Å². The van der Waals surface area contributed by atoms with Gasteiger partial charge in [0.05, 0.1) is 11.9 Å². The third-order valence-electron chi connectivity index (χ3n) is 4.63. The fourth-order valence-electron chi connectivity index (χ4n) is 3.47. The van der Waals surface area contributed by atoms with Crippen molar-refractivity contribution >= 4 is 17.4 Å². The number of imidazole rings is 1. The van der Waals surface area contributed by atoms with Crippen molar-refractivity contribution in [2.45, 2.75) is 32.9 Å². The van der Waals surface area contributed by atoms with Gasteiger partial charge in [0.2, 0.25) is 11.7 Å². The summed E-state index contributed by atoms with van der Waals surface area (Å²) in [5, 5.41) is 3.50. The van der Waals surface area contributed by atoms with Crippen molar-refractivity contribution in [3.05, 3.63) is 59.7 Å². The number of para-hydroxylation sites is 1. The Hall–Kier alpha value is -2.73. The number of amides is 1. The van der Waals surface area contributed by atoms with E-state index in [4.69, 9.17) is 0 Å². The van der Waals surface area contributed by atoms with Gasteiger partial charge in [0.15, 0.2) is 0 Å². The maximum Gasteiger partial charge on any atom is 0.234 e. The van der Waals surface area contributed by atoms with Crippen molar-refractivity contribution in [3.63, 3.8) is 0 Å². The zero-order valence-electron chi connectivity index (χ0n) is 14.4. The number of hydrogen-bond donors (Lipinski definition) is 1. The van der Waals surface area contributed by atoms with Crippen LogP contribution < -0.4 is 10.2 Å². The molecule has 0 aliphatic carbocycles. The van der Waals surface area contributed by atoms with Gasteiger partial charge in [-0.3, -0.25) is 9.20 Å². The minimum Gasteiger partial charge on any atom is -0.311 e. The van der Waals surface area contributed by atoms with Gasteiger partial charge in [0.1, 0.15) is 0 Å². The predicted molar refractivity (Wildman–Crippen MR) is 96.5 cm³/mol. The number of aryl methyl sites for hydroxylation is 2. The molecule has 6 heteroatoms. The van der Waals surface area contributed by atoms with E-state index in [1.54, 1.807) is 0 Å². The smallest absolute Gasteiger partial charge is 0.234 e. The third-order valence-corrected chi connectivity index (χ3v) is 4.63. The molecule has 0 spiro atoms. The molecule has 1 N–H and O–H groups in total. The number of fused-ring (bicyclic) bond motifs is 1. The number of carbonyl (C=O) groups excluding carboxylic acids is 1. The average Bonchev–Trinajstić information content (AvgIpc) is 3.17. The lowest BCUT2D eigenvalue weighted by molar-refractivity contribution is -0.117. The maximum atomic E-state index is 12.3. The van der Waals surface area contributed by atoms with Crippen molar-refractivity contribution in [2.24, 2.45) is 0 Å². The second-order valence-electron chi connectivity index (χ2n) is 6.55. The minimum atomic E-state index is 0.136. The van der Waals surface area contributed by atoms with E-state index in [2.05, 4.69) is 32.7 Å². The van der Waals surface area contributed by atoms with E-state index in [0.717, 1.165) is 28.5 Å². The first kappa shape index (κ1) is 15.8. The van der Waals surface area contributed by atoms with E-state index in [1.807, 2.05) is 48.4 Å². The summed E-state index contributed by atoms with van der Waals surface area (Å²) in [6, 6.07) is 12.0. The van der Waals surface area contributed by atoms with Crippen LogP contribution in [0, 0.1) is 13.8 Å². The molecule has 1 atom stereocenters. The summed E-state index contributed by atoms with van der Waals surface area (Å²) < 4.78 is 2.06. The summed E-state index contributed by atoms with van der Waals surface area (Å²) in [5.74, 6) is 0.887. The molecule has 0 unspecified atom stereocenters. The molecule has 128 valence electrons. The first-order valence-corrected chi connectivity index (χ1v) is 8.51. The predicted octanol–water partition coefficient (Wildman–Crippen LogP) is 2.24. The topological polar surface area (TPSA) is 62.5 Å². The number of rotatable bonds is 4. The van der Waals surface area contributed by atoms with Crippen LogP contribution in [0.15, 0.2) is 42.6 Å². The molecular weight excluding hydrogens is 314 g/mol. The van der Waals surface area contributed by atoms with Crippen molar-refractivity contribution in [2.75, 3.05) is 11.4 Å². The molecule has 3 aromatic rings. The number of aromatic nitrogens is 3. The molecule has 2 aromatic heterocycles. The molecule has 1 fully saturated rings. The van der Waals surface area contributed by atoms with E-state index in [0.29, 0.717) is 19.5 Å². The Morgan fingerprint density at radius 3 is 2.84 bits per heavy atom. The molecule has 1 saturated heterocycles. The highest BCUT2D eigenvalue weighted by molar-refractivity contribution is 5.96. The van der Waals surface area contributed by atoms with Crippen LogP contribution in [0.5, 0.6) is 0 Å². The number of carbonyl (C=O) groups is 1. The van der Waals surface area contributed by atoms with Crippen LogP contribution in [0.25, 0.3) is 5.78 Å². The molecule has 0 radical (unpaired) electrons. The summed E-state index contributed by atoms with van der Waals surface area (Å²) in [4.78, 5) is 23.0. The molecule has 25 heavy (non-hydrogen) atoms. The van der Waals surface area contributed by atoms with Crippen LogP contribution >= 0.6 is 0 Å². The summed E-state index contributed by atoms with van der Waals surface area (Å²) in [5.41, 5.74) is 4.10. The summed E-state index contributed by atoms with van der Waals surface area (Å²) in [7, 11) is 0. The van der Waals surface area contributed by atoms with Crippen LogP contribution in [0.1, 0.15) is 23.5 Å². The summed E-state index contributed by atoms with van der Waals surface area (Å²) >= 11 is 0.